The van der Waals surface area contributed by atoms with E-state index in [1.165, 1.54) is 0 Å². The van der Waals surface area contributed by atoms with Crippen molar-refractivity contribution in [2.24, 2.45) is 17.6 Å². The zero-order valence-electron chi connectivity index (χ0n) is 11.4. The fraction of sp³-hybridized carbons (Fsp3) is 0.714. The second kappa shape index (κ2) is 4.46. The molecule has 1 saturated heterocycles. The lowest BCUT2D eigenvalue weighted by atomic mass is 9.81. The van der Waals surface area contributed by atoms with Crippen LogP contribution in [-0.2, 0) is 4.74 Å². The van der Waals surface area contributed by atoms with Gasteiger partial charge in [0.15, 0.2) is 0 Å². The van der Waals surface area contributed by atoms with Gasteiger partial charge in [-0.05, 0) is 39.7 Å². The predicted octanol–water partition coefficient (Wildman–Crippen LogP) is 2.96. The van der Waals surface area contributed by atoms with Crippen molar-refractivity contribution in [3.05, 3.63) is 23.2 Å². The third-order valence-electron chi connectivity index (χ3n) is 4.17. The largest absolute Gasteiger partial charge is 0.466 e. The normalized spacial score (nSPS) is 35.2. The molecule has 0 spiro atoms. The van der Waals surface area contributed by atoms with E-state index in [2.05, 4.69) is 26.8 Å². The summed E-state index contributed by atoms with van der Waals surface area (Å²) >= 11 is 0. The fourth-order valence-corrected chi connectivity index (χ4v) is 3.10. The maximum atomic E-state index is 6.42. The highest BCUT2D eigenvalue weighted by Crippen LogP contribution is 2.40. The first-order valence-corrected chi connectivity index (χ1v) is 6.39. The van der Waals surface area contributed by atoms with Crippen LogP contribution in [0.3, 0.4) is 0 Å². The first-order chi connectivity index (χ1) is 7.91. The standard InChI is InChI=1S/C14H23NO2/c1-7-6-12(10(4)16-7)14(15)13-8(2)9(3)17-11(13)5/h6,8-9,11,13-14H,15H2,1-5H3. The molecule has 1 aromatic rings. The Labute approximate surface area is 103 Å². The van der Waals surface area contributed by atoms with Crippen LogP contribution in [-0.4, -0.2) is 12.2 Å². The molecule has 96 valence electrons. The molecular weight excluding hydrogens is 214 g/mol. The summed E-state index contributed by atoms with van der Waals surface area (Å²) in [6.07, 6.45) is 0.499. The van der Waals surface area contributed by atoms with E-state index in [9.17, 15) is 0 Å². The minimum atomic E-state index is 0.00222. The molecule has 0 aromatic carbocycles. The van der Waals surface area contributed by atoms with Crippen LogP contribution in [0.2, 0.25) is 0 Å². The van der Waals surface area contributed by atoms with Gasteiger partial charge in [0.25, 0.3) is 0 Å². The molecule has 3 heteroatoms. The predicted molar refractivity (Wildman–Crippen MR) is 67.8 cm³/mol. The van der Waals surface area contributed by atoms with Gasteiger partial charge in [-0.25, -0.2) is 0 Å². The molecule has 1 aliphatic rings. The second-order valence-electron chi connectivity index (χ2n) is 5.38. The number of furan rings is 1. The van der Waals surface area contributed by atoms with E-state index in [4.69, 9.17) is 14.9 Å². The lowest BCUT2D eigenvalue weighted by molar-refractivity contribution is 0.0489. The summed E-state index contributed by atoms with van der Waals surface area (Å²) in [5.74, 6) is 2.71. The monoisotopic (exact) mass is 237 g/mol. The molecule has 2 N–H and O–H groups in total. The third-order valence-corrected chi connectivity index (χ3v) is 4.17. The Balaban J connectivity index is 2.25. The molecule has 1 aliphatic heterocycles. The van der Waals surface area contributed by atoms with Gasteiger partial charge in [-0.3, -0.25) is 0 Å². The van der Waals surface area contributed by atoms with Crippen LogP contribution >= 0.6 is 0 Å². The Kier molecular flexibility index (Phi) is 3.32. The molecule has 17 heavy (non-hydrogen) atoms. The summed E-state index contributed by atoms with van der Waals surface area (Å²) < 4.78 is 11.4. The van der Waals surface area contributed by atoms with Crippen LogP contribution in [0, 0.1) is 25.7 Å². The minimum absolute atomic E-state index is 0.00222. The molecule has 5 atom stereocenters. The van der Waals surface area contributed by atoms with Crippen molar-refractivity contribution in [3.8, 4) is 0 Å². The fourth-order valence-electron chi connectivity index (χ4n) is 3.10. The molecule has 2 rings (SSSR count). The zero-order chi connectivity index (χ0) is 12.7. The van der Waals surface area contributed by atoms with E-state index in [0.717, 1.165) is 17.1 Å². The minimum Gasteiger partial charge on any atom is -0.466 e. The van der Waals surface area contributed by atoms with Gasteiger partial charge in [-0.15, -0.1) is 0 Å². The van der Waals surface area contributed by atoms with Crippen molar-refractivity contribution < 1.29 is 9.15 Å². The summed E-state index contributed by atoms with van der Waals surface area (Å²) in [7, 11) is 0. The molecule has 1 aromatic heterocycles. The first-order valence-electron chi connectivity index (χ1n) is 6.39. The van der Waals surface area contributed by atoms with Crippen LogP contribution in [0.25, 0.3) is 0 Å². The highest BCUT2D eigenvalue weighted by atomic mass is 16.5. The number of hydrogen-bond donors (Lipinski definition) is 1. The first kappa shape index (κ1) is 12.7. The van der Waals surface area contributed by atoms with Crippen molar-refractivity contribution in [3.63, 3.8) is 0 Å². The van der Waals surface area contributed by atoms with Gasteiger partial charge >= 0.3 is 0 Å². The Bertz CT molecular complexity index is 399. The maximum absolute atomic E-state index is 6.42. The van der Waals surface area contributed by atoms with Crippen LogP contribution in [0.1, 0.15) is 43.9 Å². The molecule has 5 unspecified atom stereocenters. The number of rotatable bonds is 2. The van der Waals surface area contributed by atoms with Crippen LogP contribution in [0.15, 0.2) is 10.5 Å². The van der Waals surface area contributed by atoms with Gasteiger partial charge in [0, 0.05) is 17.5 Å². The lowest BCUT2D eigenvalue weighted by Gasteiger charge is -2.25. The van der Waals surface area contributed by atoms with Gasteiger partial charge in [0.05, 0.1) is 12.2 Å². The molecule has 0 bridgehead atoms. The van der Waals surface area contributed by atoms with Crippen molar-refractivity contribution in [1.29, 1.82) is 0 Å². The van der Waals surface area contributed by atoms with Crippen molar-refractivity contribution in [2.75, 3.05) is 0 Å². The Hall–Kier alpha value is -0.800. The van der Waals surface area contributed by atoms with Crippen molar-refractivity contribution in [2.45, 2.75) is 52.9 Å². The SMILES string of the molecule is Cc1cc(C(N)C2C(C)OC(C)C2C)c(C)o1. The van der Waals surface area contributed by atoms with Gasteiger partial charge < -0.3 is 14.9 Å². The third kappa shape index (κ3) is 2.14. The van der Waals surface area contributed by atoms with E-state index in [0.29, 0.717) is 11.8 Å². The summed E-state index contributed by atoms with van der Waals surface area (Å²) in [6, 6.07) is 2.06. The van der Waals surface area contributed by atoms with E-state index in [1.54, 1.807) is 0 Å². The molecule has 1 fully saturated rings. The van der Waals surface area contributed by atoms with Gasteiger partial charge in [0.1, 0.15) is 11.5 Å². The summed E-state index contributed by atoms with van der Waals surface area (Å²) in [5.41, 5.74) is 7.55. The van der Waals surface area contributed by atoms with Gasteiger partial charge in [0.2, 0.25) is 0 Å². The maximum Gasteiger partial charge on any atom is 0.105 e. The van der Waals surface area contributed by atoms with Crippen LogP contribution < -0.4 is 5.73 Å². The molecule has 0 saturated carbocycles. The smallest absolute Gasteiger partial charge is 0.105 e. The van der Waals surface area contributed by atoms with Gasteiger partial charge in [-0.1, -0.05) is 6.92 Å². The van der Waals surface area contributed by atoms with E-state index >= 15 is 0 Å². The quantitative estimate of drug-likeness (QED) is 0.860. The average Bonchev–Trinajstić information content (AvgIpc) is 2.68. The zero-order valence-corrected chi connectivity index (χ0v) is 11.4. The molecule has 0 amide bonds. The summed E-state index contributed by atoms with van der Waals surface area (Å²) in [6.45, 7) is 10.4. The van der Waals surface area contributed by atoms with E-state index < -0.39 is 0 Å². The molecule has 0 aliphatic carbocycles. The Morgan fingerprint density at radius 2 is 1.82 bits per heavy atom. The van der Waals surface area contributed by atoms with Crippen LogP contribution in [0.5, 0.6) is 0 Å². The highest BCUT2D eigenvalue weighted by molar-refractivity contribution is 5.25. The number of nitrogens with two attached hydrogens (primary N) is 1. The summed E-state index contributed by atoms with van der Waals surface area (Å²) in [4.78, 5) is 0. The topological polar surface area (TPSA) is 48.4 Å². The molecule has 0 radical (unpaired) electrons. The lowest BCUT2D eigenvalue weighted by Crippen LogP contribution is -2.30. The van der Waals surface area contributed by atoms with Crippen LogP contribution in [0.4, 0.5) is 0 Å². The Morgan fingerprint density at radius 3 is 2.24 bits per heavy atom. The number of ether oxygens (including phenoxy) is 1. The van der Waals surface area contributed by atoms with E-state index in [-0.39, 0.29) is 18.2 Å². The molecular formula is C14H23NO2. The number of hydrogen-bond acceptors (Lipinski definition) is 3. The van der Waals surface area contributed by atoms with Crippen molar-refractivity contribution >= 4 is 0 Å². The average molecular weight is 237 g/mol. The second-order valence-corrected chi connectivity index (χ2v) is 5.38. The van der Waals surface area contributed by atoms with E-state index in [1.807, 2.05) is 13.8 Å². The summed E-state index contributed by atoms with van der Waals surface area (Å²) in [5, 5.41) is 0. The highest BCUT2D eigenvalue weighted by Gasteiger charge is 2.41. The Morgan fingerprint density at radius 1 is 1.18 bits per heavy atom. The molecule has 2 heterocycles. The number of aryl methyl sites for hydroxylation is 2. The van der Waals surface area contributed by atoms with Gasteiger partial charge in [-0.2, -0.15) is 0 Å². The van der Waals surface area contributed by atoms with Crippen molar-refractivity contribution in [1.82, 2.24) is 0 Å². The molecule has 3 nitrogen and oxygen atoms in total.